The van der Waals surface area contributed by atoms with Crippen LogP contribution in [0, 0.1) is 26.7 Å². The molecule has 1 aliphatic carbocycles. The summed E-state index contributed by atoms with van der Waals surface area (Å²) in [4.78, 5) is 27.9. The van der Waals surface area contributed by atoms with E-state index in [0.717, 1.165) is 18.6 Å². The molecule has 200 valence electrons. The molecule has 9 heteroatoms. The molecule has 38 heavy (non-hydrogen) atoms. The van der Waals surface area contributed by atoms with Gasteiger partial charge in [0.05, 0.1) is 18.3 Å². The zero-order valence-corrected chi connectivity index (χ0v) is 23.6. The summed E-state index contributed by atoms with van der Waals surface area (Å²) in [6, 6.07) is 0.486. The van der Waals surface area contributed by atoms with Crippen molar-refractivity contribution in [1.29, 1.82) is 0 Å². The van der Waals surface area contributed by atoms with E-state index in [1.807, 2.05) is 15.9 Å². The number of piperidine rings is 1. The maximum atomic E-state index is 12.6. The predicted octanol–water partition coefficient (Wildman–Crippen LogP) is 4.37. The van der Waals surface area contributed by atoms with Gasteiger partial charge >= 0.3 is 0 Å². The molecule has 2 saturated heterocycles. The third kappa shape index (κ3) is 3.51. The number of hydrogen-bond acceptors (Lipinski definition) is 6. The van der Waals surface area contributed by atoms with E-state index in [0.29, 0.717) is 43.4 Å². The molecule has 1 amide bonds. The minimum absolute atomic E-state index is 0.170. The number of aliphatic hydroxyl groups excluding tert-OH is 1. The van der Waals surface area contributed by atoms with Gasteiger partial charge in [-0.15, -0.1) is 11.3 Å². The number of aromatic nitrogens is 4. The molecule has 0 spiro atoms. The van der Waals surface area contributed by atoms with Crippen molar-refractivity contribution in [3.63, 3.8) is 0 Å². The van der Waals surface area contributed by atoms with E-state index in [1.165, 1.54) is 55.0 Å². The zero-order valence-electron chi connectivity index (χ0n) is 22.8. The third-order valence-electron chi connectivity index (χ3n) is 9.48. The van der Waals surface area contributed by atoms with Gasteiger partial charge in [-0.25, -0.2) is 9.50 Å². The molecule has 0 radical (unpaired) electrons. The molecule has 3 aliphatic rings. The Morgan fingerprint density at radius 1 is 1.16 bits per heavy atom. The first-order valence-corrected chi connectivity index (χ1v) is 14.7. The molecule has 2 aliphatic heterocycles. The summed E-state index contributed by atoms with van der Waals surface area (Å²) in [5.74, 6) is 1.73. The highest BCUT2D eigenvalue weighted by molar-refractivity contribution is 7.19. The van der Waals surface area contributed by atoms with Crippen LogP contribution in [0.5, 0.6) is 0 Å². The fourth-order valence-corrected chi connectivity index (χ4v) is 8.77. The van der Waals surface area contributed by atoms with Gasteiger partial charge in [0.2, 0.25) is 5.91 Å². The summed E-state index contributed by atoms with van der Waals surface area (Å²) in [6.45, 7) is 13.7. The van der Waals surface area contributed by atoms with E-state index < -0.39 is 0 Å². The van der Waals surface area contributed by atoms with Gasteiger partial charge in [-0.2, -0.15) is 5.10 Å². The van der Waals surface area contributed by atoms with Crippen LogP contribution in [0.25, 0.3) is 27.1 Å². The van der Waals surface area contributed by atoms with E-state index in [2.05, 4.69) is 60.8 Å². The first-order valence-electron chi connectivity index (χ1n) is 13.9. The van der Waals surface area contributed by atoms with Crippen LogP contribution in [-0.4, -0.2) is 78.7 Å². The maximum absolute atomic E-state index is 12.6. The Kier molecular flexibility index (Phi) is 5.52. The summed E-state index contributed by atoms with van der Waals surface area (Å²) in [5.41, 5.74) is 8.57. The summed E-state index contributed by atoms with van der Waals surface area (Å²) in [5, 5.41) is 15.4. The summed E-state index contributed by atoms with van der Waals surface area (Å²) < 4.78 is 1.89. The first-order chi connectivity index (χ1) is 18.2. The Bertz CT molecular complexity index is 1570. The molecule has 6 heterocycles. The number of nitrogens with zero attached hydrogens (tertiary/aromatic N) is 5. The van der Waals surface area contributed by atoms with Crippen molar-refractivity contribution < 1.29 is 9.90 Å². The first kappa shape index (κ1) is 24.3. The van der Waals surface area contributed by atoms with Crippen LogP contribution < -0.4 is 0 Å². The average Bonchev–Trinajstić information content (AvgIpc) is 3.66. The molecule has 4 aromatic rings. The highest BCUT2D eigenvalue weighted by Gasteiger charge is 2.47. The average molecular weight is 533 g/mol. The normalized spacial score (nSPS) is 24.0. The van der Waals surface area contributed by atoms with Gasteiger partial charge in [-0.1, -0.05) is 13.8 Å². The molecule has 0 unspecified atom stereocenters. The number of pyridine rings is 1. The van der Waals surface area contributed by atoms with Gasteiger partial charge in [-0.3, -0.25) is 9.69 Å². The Morgan fingerprint density at radius 3 is 2.63 bits per heavy atom. The second kappa shape index (κ2) is 8.63. The van der Waals surface area contributed by atoms with Crippen molar-refractivity contribution in [2.45, 2.75) is 71.4 Å². The number of H-pyrrole nitrogens is 1. The quantitative estimate of drug-likeness (QED) is 0.399. The van der Waals surface area contributed by atoms with Gasteiger partial charge in [0.25, 0.3) is 0 Å². The molecule has 2 N–H and O–H groups in total. The van der Waals surface area contributed by atoms with Crippen LogP contribution in [0.4, 0.5) is 0 Å². The van der Waals surface area contributed by atoms with Crippen molar-refractivity contribution in [2.75, 3.05) is 26.2 Å². The number of hydrogen-bond donors (Lipinski definition) is 2. The van der Waals surface area contributed by atoms with Gasteiger partial charge < -0.3 is 15.0 Å². The fraction of sp³-hybridized carbons (Fsp3) is 0.552. The number of thiophene rings is 1. The Labute approximate surface area is 226 Å². The molecule has 7 rings (SSSR count). The van der Waals surface area contributed by atoms with Crippen molar-refractivity contribution in [3.05, 3.63) is 39.7 Å². The number of aromatic amines is 1. The van der Waals surface area contributed by atoms with Crippen LogP contribution >= 0.6 is 11.3 Å². The van der Waals surface area contributed by atoms with Crippen molar-refractivity contribution >= 4 is 33.1 Å². The molecular weight excluding hydrogens is 496 g/mol. The van der Waals surface area contributed by atoms with Crippen LogP contribution in [0.15, 0.2) is 12.5 Å². The molecule has 8 nitrogen and oxygen atoms in total. The summed E-state index contributed by atoms with van der Waals surface area (Å²) in [7, 11) is 0. The van der Waals surface area contributed by atoms with Crippen LogP contribution in [-0.2, 0) is 4.79 Å². The molecule has 0 aromatic carbocycles. The smallest absolute Gasteiger partial charge is 0.236 e. The summed E-state index contributed by atoms with van der Waals surface area (Å²) >= 11 is 1.94. The van der Waals surface area contributed by atoms with Crippen molar-refractivity contribution in [3.8, 4) is 11.3 Å². The third-order valence-corrected chi connectivity index (χ3v) is 10.8. The largest absolute Gasteiger partial charge is 0.389 e. The van der Waals surface area contributed by atoms with Crippen molar-refractivity contribution in [2.24, 2.45) is 5.92 Å². The Hall–Kier alpha value is -2.75. The second-order valence-electron chi connectivity index (χ2n) is 12.1. The van der Waals surface area contributed by atoms with E-state index in [-0.39, 0.29) is 12.0 Å². The number of likely N-dealkylation sites (tertiary alicyclic amines) is 2. The molecule has 3 atom stereocenters. The number of nitrogens with one attached hydrogen (secondary N) is 1. The predicted molar refractivity (Wildman–Crippen MR) is 150 cm³/mol. The summed E-state index contributed by atoms with van der Waals surface area (Å²) in [6.07, 6.45) is 5.73. The van der Waals surface area contributed by atoms with Crippen LogP contribution in [0.2, 0.25) is 0 Å². The monoisotopic (exact) mass is 532 g/mol. The van der Waals surface area contributed by atoms with Crippen LogP contribution in [0.1, 0.15) is 65.7 Å². The fourth-order valence-electron chi connectivity index (χ4n) is 7.34. The minimum Gasteiger partial charge on any atom is -0.389 e. The number of rotatable bonds is 5. The maximum Gasteiger partial charge on any atom is 0.236 e. The van der Waals surface area contributed by atoms with Gasteiger partial charge in [0.15, 0.2) is 5.65 Å². The standard InChI is InChI=1S/C29H36N6O2S/c1-14(2)24-25-17(5)27(21-7-19-6-18(21)8-33(19)12-23(37)34-9-20(36)10-34)38-29(25)32-26(24)22-11-35-28(30-13-31-35)16(4)15(22)3/h11,13-14,18-21,32,36H,6-10,12H2,1-5H3/t18-,19-,21+/m0/s1. The lowest BCUT2D eigenvalue weighted by molar-refractivity contribution is -0.142. The Morgan fingerprint density at radius 2 is 1.95 bits per heavy atom. The lowest BCUT2D eigenvalue weighted by Gasteiger charge is -2.38. The molecule has 3 fully saturated rings. The highest BCUT2D eigenvalue weighted by Crippen LogP contribution is 2.53. The van der Waals surface area contributed by atoms with E-state index in [1.54, 1.807) is 11.2 Å². The van der Waals surface area contributed by atoms with E-state index >= 15 is 0 Å². The van der Waals surface area contributed by atoms with Gasteiger partial charge in [0, 0.05) is 47.7 Å². The number of carbonyl (C=O) groups excluding carboxylic acids is 1. The van der Waals surface area contributed by atoms with Gasteiger partial charge in [-0.05, 0) is 73.6 Å². The minimum atomic E-state index is -0.334. The molecule has 1 saturated carbocycles. The van der Waals surface area contributed by atoms with Crippen LogP contribution in [0.3, 0.4) is 0 Å². The topological polar surface area (TPSA) is 89.8 Å². The lowest BCUT2D eigenvalue weighted by atomic mass is 9.88. The SMILES string of the molecule is Cc1c(-c2[nH]c3sc([C@@H]4C[C@@H]5C[C@H]4CN5CC(=O)N4CC(O)C4)c(C)c3c2C(C)C)cn2ncnc2c1C. The van der Waals surface area contributed by atoms with E-state index in [4.69, 9.17) is 0 Å². The van der Waals surface area contributed by atoms with Crippen molar-refractivity contribution in [1.82, 2.24) is 29.4 Å². The number of carbonyl (C=O) groups is 1. The highest BCUT2D eigenvalue weighted by atomic mass is 32.1. The lowest BCUT2D eigenvalue weighted by Crippen LogP contribution is -2.56. The molecule has 2 bridgehead atoms. The Balaban J connectivity index is 1.20. The molecular formula is C29H36N6O2S. The number of aliphatic hydroxyl groups is 1. The number of β-amino-alcohol motifs (C(OH)–C–C–N with tert-alkyl or cyclic N) is 1. The number of fused-ring (bicyclic) bond motifs is 4. The molecule has 4 aromatic heterocycles. The van der Waals surface area contributed by atoms with E-state index in [9.17, 15) is 9.90 Å². The zero-order chi connectivity index (χ0) is 26.5. The van der Waals surface area contributed by atoms with Gasteiger partial charge in [0.1, 0.15) is 11.2 Å². The second-order valence-corrected chi connectivity index (χ2v) is 13.1. The number of aryl methyl sites for hydroxylation is 2. The number of amides is 1.